The van der Waals surface area contributed by atoms with E-state index in [1.54, 1.807) is 6.07 Å². The highest BCUT2D eigenvalue weighted by molar-refractivity contribution is 6.07. The lowest BCUT2D eigenvalue weighted by molar-refractivity contribution is 0.0374. The van der Waals surface area contributed by atoms with Crippen LogP contribution in [0.2, 0.25) is 0 Å². The van der Waals surface area contributed by atoms with Gasteiger partial charge in [-0.05, 0) is 41.9 Å². The summed E-state index contributed by atoms with van der Waals surface area (Å²) in [6, 6.07) is 13.7. The van der Waals surface area contributed by atoms with E-state index in [0.29, 0.717) is 12.1 Å². The zero-order chi connectivity index (χ0) is 17.8. The van der Waals surface area contributed by atoms with E-state index in [1.807, 2.05) is 24.3 Å². The van der Waals surface area contributed by atoms with Crippen molar-refractivity contribution >= 4 is 21.7 Å². The molecule has 5 heteroatoms. The fraction of sp³-hybridized carbons (Fsp3) is 0.381. The molecule has 1 saturated heterocycles. The van der Waals surface area contributed by atoms with Gasteiger partial charge in [0, 0.05) is 31.1 Å². The summed E-state index contributed by atoms with van der Waals surface area (Å²) in [6.45, 7) is 6.39. The third-order valence-corrected chi connectivity index (χ3v) is 4.96. The van der Waals surface area contributed by atoms with E-state index in [0.717, 1.165) is 67.5 Å². The zero-order valence-corrected chi connectivity index (χ0v) is 14.9. The molecule has 1 fully saturated rings. The van der Waals surface area contributed by atoms with Crippen molar-refractivity contribution in [2.75, 3.05) is 39.4 Å². The van der Waals surface area contributed by atoms with Crippen molar-refractivity contribution in [2.24, 2.45) is 0 Å². The van der Waals surface area contributed by atoms with E-state index >= 15 is 0 Å². The molecule has 2 heterocycles. The van der Waals surface area contributed by atoms with Gasteiger partial charge in [-0.2, -0.15) is 0 Å². The molecule has 0 bridgehead atoms. The Morgan fingerprint density at radius 3 is 2.81 bits per heavy atom. The highest BCUT2D eigenvalue weighted by Crippen LogP contribution is 2.27. The van der Waals surface area contributed by atoms with Crippen LogP contribution in [0, 0.1) is 0 Å². The number of hydrogen-bond donors (Lipinski definition) is 1. The van der Waals surface area contributed by atoms with Crippen LogP contribution in [0.5, 0.6) is 0 Å². The van der Waals surface area contributed by atoms with Gasteiger partial charge in [0.2, 0.25) is 0 Å². The van der Waals surface area contributed by atoms with E-state index < -0.39 is 0 Å². The van der Waals surface area contributed by atoms with E-state index in [-0.39, 0.29) is 5.63 Å². The van der Waals surface area contributed by atoms with E-state index in [1.165, 1.54) is 0 Å². The first-order valence-corrected chi connectivity index (χ1v) is 9.26. The largest absolute Gasteiger partial charge is 0.423 e. The van der Waals surface area contributed by atoms with Gasteiger partial charge in [-0.25, -0.2) is 4.79 Å². The normalized spacial score (nSPS) is 15.7. The summed E-state index contributed by atoms with van der Waals surface area (Å²) >= 11 is 0. The molecule has 2 aromatic carbocycles. The fourth-order valence-corrected chi connectivity index (χ4v) is 3.63. The Kier molecular flexibility index (Phi) is 5.29. The summed E-state index contributed by atoms with van der Waals surface area (Å²) in [6.07, 6.45) is 1.08. The van der Waals surface area contributed by atoms with E-state index in [2.05, 4.69) is 22.3 Å². The van der Waals surface area contributed by atoms with Gasteiger partial charge in [0.25, 0.3) is 0 Å². The molecule has 0 saturated carbocycles. The third-order valence-electron chi connectivity index (χ3n) is 4.96. The Morgan fingerprint density at radius 2 is 1.92 bits per heavy atom. The summed E-state index contributed by atoms with van der Waals surface area (Å²) in [7, 11) is 0. The minimum absolute atomic E-state index is 0.294. The van der Waals surface area contributed by atoms with Crippen LogP contribution >= 0.6 is 0 Å². The van der Waals surface area contributed by atoms with Crippen molar-refractivity contribution in [2.45, 2.75) is 13.0 Å². The second-order valence-corrected chi connectivity index (χ2v) is 6.73. The summed E-state index contributed by atoms with van der Waals surface area (Å²) in [5, 5.41) is 6.80. The van der Waals surface area contributed by atoms with Crippen molar-refractivity contribution in [1.29, 1.82) is 0 Å². The van der Waals surface area contributed by atoms with Gasteiger partial charge in [0.15, 0.2) is 0 Å². The molecule has 0 spiro atoms. The monoisotopic (exact) mass is 352 g/mol. The maximum absolute atomic E-state index is 11.9. The Morgan fingerprint density at radius 1 is 1.08 bits per heavy atom. The first-order valence-electron chi connectivity index (χ1n) is 9.26. The van der Waals surface area contributed by atoms with Crippen molar-refractivity contribution in [3.63, 3.8) is 0 Å². The van der Waals surface area contributed by atoms with Crippen LogP contribution in [0.3, 0.4) is 0 Å². The first-order chi connectivity index (χ1) is 12.8. The predicted molar refractivity (Wildman–Crippen MR) is 104 cm³/mol. The van der Waals surface area contributed by atoms with Crippen molar-refractivity contribution in [3.8, 4) is 0 Å². The van der Waals surface area contributed by atoms with Gasteiger partial charge in [-0.1, -0.05) is 30.3 Å². The maximum atomic E-state index is 11.9. The van der Waals surface area contributed by atoms with Gasteiger partial charge in [-0.15, -0.1) is 0 Å². The van der Waals surface area contributed by atoms with Crippen LogP contribution in [0.25, 0.3) is 21.7 Å². The van der Waals surface area contributed by atoms with Crippen molar-refractivity contribution in [3.05, 3.63) is 58.4 Å². The van der Waals surface area contributed by atoms with Gasteiger partial charge >= 0.3 is 5.63 Å². The average molecular weight is 352 g/mol. The number of fused-ring (bicyclic) bond motifs is 3. The second-order valence-electron chi connectivity index (χ2n) is 6.73. The number of benzene rings is 2. The maximum Gasteiger partial charge on any atom is 0.336 e. The molecule has 4 rings (SSSR count). The van der Waals surface area contributed by atoms with Crippen molar-refractivity contribution < 1.29 is 9.15 Å². The quantitative estimate of drug-likeness (QED) is 0.420. The predicted octanol–water partition coefficient (Wildman–Crippen LogP) is 2.76. The second kappa shape index (κ2) is 7.99. The number of hydrogen-bond acceptors (Lipinski definition) is 5. The summed E-state index contributed by atoms with van der Waals surface area (Å²) < 4.78 is 10.8. The Balaban J connectivity index is 1.47. The SMILES string of the molecule is O=c1cc(CNCCCN2CCOCC2)c2c(ccc3ccccc32)o1. The Labute approximate surface area is 152 Å². The Bertz CT molecular complexity index is 945. The average Bonchev–Trinajstić information content (AvgIpc) is 2.68. The molecule has 0 aliphatic carbocycles. The summed E-state index contributed by atoms with van der Waals surface area (Å²) in [5.41, 5.74) is 1.36. The van der Waals surface area contributed by atoms with Crippen molar-refractivity contribution in [1.82, 2.24) is 10.2 Å². The van der Waals surface area contributed by atoms with Gasteiger partial charge in [-0.3, -0.25) is 4.90 Å². The molecule has 26 heavy (non-hydrogen) atoms. The van der Waals surface area contributed by atoms with Crippen LogP contribution < -0.4 is 10.9 Å². The molecule has 1 aliphatic heterocycles. The van der Waals surface area contributed by atoms with Crippen LogP contribution in [-0.4, -0.2) is 44.3 Å². The topological polar surface area (TPSA) is 54.7 Å². The van der Waals surface area contributed by atoms with Crippen LogP contribution in [0.4, 0.5) is 0 Å². The molecule has 0 unspecified atom stereocenters. The third kappa shape index (κ3) is 3.80. The Hall–Kier alpha value is -2.21. The van der Waals surface area contributed by atoms with E-state index in [9.17, 15) is 4.79 Å². The fourth-order valence-electron chi connectivity index (χ4n) is 3.63. The first kappa shape index (κ1) is 17.2. The lowest BCUT2D eigenvalue weighted by Gasteiger charge is -2.26. The molecule has 136 valence electrons. The number of nitrogens with one attached hydrogen (secondary N) is 1. The highest BCUT2D eigenvalue weighted by atomic mass is 16.5. The van der Waals surface area contributed by atoms with Gasteiger partial charge < -0.3 is 14.5 Å². The number of ether oxygens (including phenoxy) is 1. The molecular formula is C21H24N2O3. The molecule has 1 aromatic heterocycles. The highest BCUT2D eigenvalue weighted by Gasteiger charge is 2.11. The summed E-state index contributed by atoms with van der Waals surface area (Å²) in [5.74, 6) is 0. The minimum atomic E-state index is -0.294. The molecule has 1 N–H and O–H groups in total. The molecule has 0 amide bonds. The van der Waals surface area contributed by atoms with Gasteiger partial charge in [0.1, 0.15) is 5.58 Å². The lowest BCUT2D eigenvalue weighted by atomic mass is 10.0. The molecule has 3 aromatic rings. The number of nitrogens with zero attached hydrogens (tertiary/aromatic N) is 1. The molecule has 0 radical (unpaired) electrons. The standard InChI is InChI=1S/C21H24N2O3/c24-20-14-17(15-22-8-3-9-23-10-12-25-13-11-23)21-18-5-2-1-4-16(18)6-7-19(21)26-20/h1-2,4-7,14,22H,3,8-13,15H2. The number of rotatable bonds is 6. The van der Waals surface area contributed by atoms with Crippen LogP contribution in [-0.2, 0) is 11.3 Å². The minimum Gasteiger partial charge on any atom is -0.423 e. The van der Waals surface area contributed by atoms with Gasteiger partial charge in [0.05, 0.1) is 13.2 Å². The number of morpholine rings is 1. The lowest BCUT2D eigenvalue weighted by Crippen LogP contribution is -2.37. The van der Waals surface area contributed by atoms with Crippen LogP contribution in [0.1, 0.15) is 12.0 Å². The molecule has 1 aliphatic rings. The molecular weight excluding hydrogens is 328 g/mol. The zero-order valence-electron chi connectivity index (χ0n) is 14.9. The molecule has 0 atom stereocenters. The molecule has 5 nitrogen and oxygen atoms in total. The smallest absolute Gasteiger partial charge is 0.336 e. The van der Waals surface area contributed by atoms with E-state index in [4.69, 9.17) is 9.15 Å². The van der Waals surface area contributed by atoms with Crippen LogP contribution in [0.15, 0.2) is 51.7 Å². The summed E-state index contributed by atoms with van der Waals surface area (Å²) in [4.78, 5) is 14.4.